The Morgan fingerprint density at radius 2 is 2.41 bits per heavy atom. The third-order valence-electron chi connectivity index (χ3n) is 4.07. The summed E-state index contributed by atoms with van der Waals surface area (Å²) < 4.78 is 12.3. The number of H-pyrrole nitrogens is 1. The first-order valence-corrected chi connectivity index (χ1v) is 8.28. The molecule has 3 unspecified atom stereocenters. The van der Waals surface area contributed by atoms with Crippen molar-refractivity contribution in [2.24, 2.45) is 0 Å². The van der Waals surface area contributed by atoms with Crippen molar-refractivity contribution in [1.29, 1.82) is 0 Å². The van der Waals surface area contributed by atoms with Crippen LogP contribution in [0.4, 0.5) is 4.79 Å². The summed E-state index contributed by atoms with van der Waals surface area (Å²) in [6.07, 6.45) is -0.262. The molecule has 27 heavy (non-hydrogen) atoms. The van der Waals surface area contributed by atoms with Gasteiger partial charge in [-0.2, -0.15) is 5.10 Å². The zero-order valence-corrected chi connectivity index (χ0v) is 14.9. The predicted molar refractivity (Wildman–Crippen MR) is 93.9 cm³/mol. The summed E-state index contributed by atoms with van der Waals surface area (Å²) >= 11 is 0. The Hall–Kier alpha value is -2.94. The van der Waals surface area contributed by atoms with Gasteiger partial charge in [-0.1, -0.05) is 5.92 Å². The number of nitrogens with zero attached hydrogens (tertiary/aromatic N) is 3. The topological polar surface area (TPSA) is 143 Å². The molecule has 1 fully saturated rings. The summed E-state index contributed by atoms with van der Waals surface area (Å²) in [6.45, 7) is 0.323. The van der Waals surface area contributed by atoms with E-state index in [0.29, 0.717) is 5.65 Å². The lowest BCUT2D eigenvalue weighted by Gasteiger charge is -2.14. The van der Waals surface area contributed by atoms with Gasteiger partial charge in [0.05, 0.1) is 25.6 Å². The first-order valence-electron chi connectivity index (χ1n) is 8.28. The smallest absolute Gasteiger partial charge is 0.315 e. The quantitative estimate of drug-likeness (QED) is 0.485. The standard InChI is InChI=1S/C16H20N6O5/c1-17-16(25)18-5-3-4-9-13-14(19-8-20-15(13)24)22(21-9)12-6-10(23)11(27-12)7-26-2/h8,10-12,23H,5-7H2,1-2H3,(H2,17,18,25)(H,19,20,24). The van der Waals surface area contributed by atoms with E-state index in [1.165, 1.54) is 25.2 Å². The van der Waals surface area contributed by atoms with E-state index in [4.69, 9.17) is 9.47 Å². The Labute approximate surface area is 154 Å². The molecule has 144 valence electrons. The fourth-order valence-corrected chi connectivity index (χ4v) is 2.79. The number of fused-ring (bicyclic) bond motifs is 1. The maximum absolute atomic E-state index is 12.2. The van der Waals surface area contributed by atoms with Gasteiger partial charge in [0.2, 0.25) is 0 Å². The Balaban J connectivity index is 1.92. The highest BCUT2D eigenvalue weighted by Crippen LogP contribution is 2.30. The van der Waals surface area contributed by atoms with Gasteiger partial charge in [-0.15, -0.1) is 0 Å². The van der Waals surface area contributed by atoms with E-state index in [1.807, 2.05) is 0 Å². The zero-order valence-electron chi connectivity index (χ0n) is 14.9. The van der Waals surface area contributed by atoms with Crippen LogP contribution in [0.25, 0.3) is 11.0 Å². The van der Waals surface area contributed by atoms with Gasteiger partial charge in [-0.05, 0) is 5.92 Å². The molecule has 4 N–H and O–H groups in total. The number of carbonyl (C=O) groups is 1. The van der Waals surface area contributed by atoms with Gasteiger partial charge in [0.1, 0.15) is 11.5 Å². The van der Waals surface area contributed by atoms with Crippen LogP contribution in [0.5, 0.6) is 0 Å². The van der Waals surface area contributed by atoms with Crippen LogP contribution in [0.3, 0.4) is 0 Å². The Morgan fingerprint density at radius 1 is 1.59 bits per heavy atom. The maximum atomic E-state index is 12.2. The summed E-state index contributed by atoms with van der Waals surface area (Å²) in [5, 5.41) is 19.6. The Kier molecular flexibility index (Phi) is 5.70. The van der Waals surface area contributed by atoms with Crippen molar-refractivity contribution in [2.75, 3.05) is 27.3 Å². The zero-order chi connectivity index (χ0) is 19.4. The monoisotopic (exact) mass is 376 g/mol. The van der Waals surface area contributed by atoms with Gasteiger partial charge in [0.25, 0.3) is 5.56 Å². The number of amides is 2. The lowest BCUT2D eigenvalue weighted by Crippen LogP contribution is -2.32. The number of aromatic nitrogens is 4. The number of carbonyl (C=O) groups excluding carboxylic acids is 1. The van der Waals surface area contributed by atoms with Crippen LogP contribution in [0, 0.1) is 11.8 Å². The highest BCUT2D eigenvalue weighted by molar-refractivity contribution is 5.80. The van der Waals surface area contributed by atoms with Crippen molar-refractivity contribution in [1.82, 2.24) is 30.4 Å². The molecule has 0 saturated carbocycles. The van der Waals surface area contributed by atoms with Crippen molar-refractivity contribution in [3.63, 3.8) is 0 Å². The number of rotatable bonds is 4. The first-order chi connectivity index (χ1) is 13.0. The SMILES string of the molecule is CNC(=O)NCC#Cc1nn(C2CC(O)C(COC)O2)c2nc[nH]c(=O)c12. The molecule has 0 spiro atoms. The highest BCUT2D eigenvalue weighted by Gasteiger charge is 2.36. The number of aromatic amines is 1. The van der Waals surface area contributed by atoms with Gasteiger partial charge in [-0.25, -0.2) is 14.5 Å². The molecular weight excluding hydrogens is 356 g/mol. The molecule has 0 aliphatic carbocycles. The molecule has 1 aliphatic heterocycles. The van der Waals surface area contributed by atoms with Crippen LogP contribution in [0.2, 0.25) is 0 Å². The van der Waals surface area contributed by atoms with E-state index in [-0.39, 0.29) is 42.2 Å². The van der Waals surface area contributed by atoms with Crippen molar-refractivity contribution in [3.8, 4) is 11.8 Å². The van der Waals surface area contributed by atoms with Gasteiger partial charge >= 0.3 is 6.03 Å². The van der Waals surface area contributed by atoms with Gasteiger partial charge in [0, 0.05) is 20.6 Å². The number of ether oxygens (including phenoxy) is 2. The van der Waals surface area contributed by atoms with Crippen LogP contribution in [0.15, 0.2) is 11.1 Å². The van der Waals surface area contributed by atoms with Crippen molar-refractivity contribution in [3.05, 3.63) is 22.4 Å². The van der Waals surface area contributed by atoms with Gasteiger partial charge in [-0.3, -0.25) is 4.79 Å². The molecule has 0 radical (unpaired) electrons. The van der Waals surface area contributed by atoms with Crippen LogP contribution in [-0.2, 0) is 9.47 Å². The highest BCUT2D eigenvalue weighted by atomic mass is 16.6. The second-order valence-electron chi connectivity index (χ2n) is 5.85. The average Bonchev–Trinajstić information content (AvgIpc) is 3.20. The molecule has 3 atom stereocenters. The van der Waals surface area contributed by atoms with Crippen molar-refractivity contribution in [2.45, 2.75) is 24.9 Å². The lowest BCUT2D eigenvalue weighted by atomic mass is 10.2. The van der Waals surface area contributed by atoms with E-state index < -0.39 is 18.4 Å². The largest absolute Gasteiger partial charge is 0.390 e. The maximum Gasteiger partial charge on any atom is 0.315 e. The average molecular weight is 376 g/mol. The Morgan fingerprint density at radius 3 is 3.15 bits per heavy atom. The fourth-order valence-electron chi connectivity index (χ4n) is 2.79. The molecule has 1 aliphatic rings. The molecule has 3 heterocycles. The number of nitrogens with one attached hydrogen (secondary N) is 3. The van der Waals surface area contributed by atoms with Crippen molar-refractivity contribution >= 4 is 17.1 Å². The summed E-state index contributed by atoms with van der Waals surface area (Å²) in [6, 6.07) is -0.364. The van der Waals surface area contributed by atoms with E-state index in [1.54, 1.807) is 0 Å². The summed E-state index contributed by atoms with van der Waals surface area (Å²) in [7, 11) is 3.02. The number of hydrogen-bond acceptors (Lipinski definition) is 7. The summed E-state index contributed by atoms with van der Waals surface area (Å²) in [5.41, 5.74) is 0.130. The number of urea groups is 1. The number of methoxy groups -OCH3 is 1. The molecule has 11 nitrogen and oxygen atoms in total. The van der Waals surface area contributed by atoms with E-state index in [0.717, 1.165) is 0 Å². The van der Waals surface area contributed by atoms with Crippen molar-refractivity contribution < 1.29 is 19.4 Å². The number of aliphatic hydroxyl groups excluding tert-OH is 1. The predicted octanol–water partition coefficient (Wildman–Crippen LogP) is -1.31. The first kappa shape index (κ1) is 18.8. The molecule has 0 bridgehead atoms. The van der Waals surface area contributed by atoms with Crippen LogP contribution >= 0.6 is 0 Å². The molecule has 1 saturated heterocycles. The van der Waals surface area contributed by atoms with Gasteiger partial charge in [0.15, 0.2) is 17.6 Å². The minimum Gasteiger partial charge on any atom is -0.390 e. The molecule has 0 aromatic carbocycles. The molecule has 11 heteroatoms. The molecule has 2 aromatic heterocycles. The Bertz CT molecular complexity index is 942. The molecule has 2 aromatic rings. The lowest BCUT2D eigenvalue weighted by molar-refractivity contribution is -0.0557. The fraction of sp³-hybridized carbons (Fsp3) is 0.500. The van der Waals surface area contributed by atoms with Crippen LogP contribution in [-0.4, -0.2) is 70.4 Å². The second kappa shape index (κ2) is 8.17. The molecular formula is C16H20N6O5. The van der Waals surface area contributed by atoms with E-state index in [2.05, 4.69) is 37.5 Å². The number of aliphatic hydroxyl groups is 1. The summed E-state index contributed by atoms with van der Waals surface area (Å²) in [5.74, 6) is 5.51. The van der Waals surface area contributed by atoms with Crippen LogP contribution < -0.4 is 16.2 Å². The normalized spacial score (nSPS) is 21.7. The van der Waals surface area contributed by atoms with E-state index >= 15 is 0 Å². The minimum atomic E-state index is -0.720. The van der Waals surface area contributed by atoms with E-state index in [9.17, 15) is 14.7 Å². The second-order valence-corrected chi connectivity index (χ2v) is 5.85. The van der Waals surface area contributed by atoms with Gasteiger partial charge < -0.3 is 30.2 Å². The molecule has 3 rings (SSSR count). The number of hydrogen-bond donors (Lipinski definition) is 4. The minimum absolute atomic E-state index is 0.0841. The molecule has 2 amide bonds. The summed E-state index contributed by atoms with van der Waals surface area (Å²) in [4.78, 5) is 30.1. The third-order valence-corrected chi connectivity index (χ3v) is 4.07. The van der Waals surface area contributed by atoms with Crippen LogP contribution in [0.1, 0.15) is 18.3 Å². The third kappa shape index (κ3) is 3.92.